The number of carbonyl (C=O) groups is 1. The first kappa shape index (κ1) is 13.1. The summed E-state index contributed by atoms with van der Waals surface area (Å²) in [6, 6.07) is 10.2. The van der Waals surface area contributed by atoms with Crippen molar-refractivity contribution in [1.29, 1.82) is 0 Å². The molecule has 18 heavy (non-hydrogen) atoms. The maximum absolute atomic E-state index is 12.2. The van der Waals surface area contributed by atoms with Crippen LogP contribution >= 0.6 is 0 Å². The number of rotatable bonds is 4. The van der Waals surface area contributed by atoms with Gasteiger partial charge in [0.05, 0.1) is 5.92 Å². The van der Waals surface area contributed by atoms with E-state index in [1.165, 1.54) is 0 Å². The highest BCUT2D eigenvalue weighted by atomic mass is 16.1. The maximum atomic E-state index is 12.2. The molecule has 3 atom stereocenters. The van der Waals surface area contributed by atoms with Gasteiger partial charge in [0.2, 0.25) is 5.91 Å². The van der Waals surface area contributed by atoms with Gasteiger partial charge in [0, 0.05) is 6.04 Å². The molecule has 1 heterocycles. The van der Waals surface area contributed by atoms with E-state index in [0.717, 1.165) is 25.1 Å². The summed E-state index contributed by atoms with van der Waals surface area (Å²) in [5.74, 6) is 0.612. The molecular weight excluding hydrogens is 224 g/mol. The third kappa shape index (κ3) is 3.10. The van der Waals surface area contributed by atoms with Crippen molar-refractivity contribution in [2.45, 2.75) is 32.2 Å². The number of benzene rings is 1. The molecule has 0 aliphatic carbocycles. The SMILES string of the molecule is CC(C(=O)NC(C)C1CCNC1)c1ccccc1. The monoisotopic (exact) mass is 246 g/mol. The van der Waals surface area contributed by atoms with Crippen LogP contribution in [0, 0.1) is 5.92 Å². The molecule has 3 nitrogen and oxygen atoms in total. The van der Waals surface area contributed by atoms with Gasteiger partial charge >= 0.3 is 0 Å². The Morgan fingerprint density at radius 2 is 2.06 bits per heavy atom. The minimum absolute atomic E-state index is 0.0805. The lowest BCUT2D eigenvalue weighted by atomic mass is 9.97. The van der Waals surface area contributed by atoms with Gasteiger partial charge in [-0.25, -0.2) is 0 Å². The summed E-state index contributed by atoms with van der Waals surface area (Å²) in [6.45, 7) is 6.15. The second kappa shape index (κ2) is 6.01. The van der Waals surface area contributed by atoms with Gasteiger partial charge in [0.25, 0.3) is 0 Å². The van der Waals surface area contributed by atoms with Crippen molar-refractivity contribution >= 4 is 5.91 Å². The second-order valence-electron chi connectivity index (χ2n) is 5.18. The zero-order chi connectivity index (χ0) is 13.0. The van der Waals surface area contributed by atoms with E-state index in [1.54, 1.807) is 0 Å². The van der Waals surface area contributed by atoms with E-state index in [2.05, 4.69) is 17.6 Å². The molecule has 0 bridgehead atoms. The molecule has 1 aromatic carbocycles. The van der Waals surface area contributed by atoms with Crippen LogP contribution in [0.15, 0.2) is 30.3 Å². The first-order chi connectivity index (χ1) is 8.68. The maximum Gasteiger partial charge on any atom is 0.227 e. The molecule has 1 aromatic rings. The Morgan fingerprint density at radius 3 is 2.67 bits per heavy atom. The molecule has 1 saturated heterocycles. The summed E-state index contributed by atoms with van der Waals surface area (Å²) in [5.41, 5.74) is 1.08. The van der Waals surface area contributed by atoms with E-state index < -0.39 is 0 Å². The third-order valence-electron chi connectivity index (χ3n) is 3.87. The summed E-state index contributed by atoms with van der Waals surface area (Å²) >= 11 is 0. The molecule has 0 radical (unpaired) electrons. The van der Waals surface area contributed by atoms with E-state index >= 15 is 0 Å². The summed E-state index contributed by atoms with van der Waals surface area (Å²) < 4.78 is 0. The van der Waals surface area contributed by atoms with E-state index in [4.69, 9.17) is 0 Å². The third-order valence-corrected chi connectivity index (χ3v) is 3.87. The number of carbonyl (C=O) groups excluding carboxylic acids is 1. The molecule has 2 rings (SSSR count). The summed E-state index contributed by atoms with van der Waals surface area (Å²) in [5, 5.41) is 6.48. The fourth-order valence-corrected chi connectivity index (χ4v) is 2.46. The van der Waals surface area contributed by atoms with Crippen LogP contribution < -0.4 is 10.6 Å². The first-order valence-corrected chi connectivity index (χ1v) is 6.74. The van der Waals surface area contributed by atoms with Crippen LogP contribution in [0.25, 0.3) is 0 Å². The van der Waals surface area contributed by atoms with Crippen molar-refractivity contribution in [3.63, 3.8) is 0 Å². The molecule has 0 aromatic heterocycles. The predicted molar refractivity (Wildman–Crippen MR) is 73.4 cm³/mol. The van der Waals surface area contributed by atoms with Crippen LogP contribution in [0.1, 0.15) is 31.7 Å². The van der Waals surface area contributed by atoms with Crippen molar-refractivity contribution in [3.8, 4) is 0 Å². The van der Waals surface area contributed by atoms with Gasteiger partial charge in [-0.15, -0.1) is 0 Å². The lowest BCUT2D eigenvalue weighted by Gasteiger charge is -2.22. The van der Waals surface area contributed by atoms with Crippen molar-refractivity contribution < 1.29 is 4.79 Å². The highest BCUT2D eigenvalue weighted by molar-refractivity contribution is 5.83. The van der Waals surface area contributed by atoms with Gasteiger partial charge in [0.15, 0.2) is 0 Å². The van der Waals surface area contributed by atoms with Crippen LogP contribution in [0.3, 0.4) is 0 Å². The van der Waals surface area contributed by atoms with E-state index in [0.29, 0.717) is 5.92 Å². The van der Waals surface area contributed by atoms with Gasteiger partial charge in [-0.3, -0.25) is 4.79 Å². The van der Waals surface area contributed by atoms with Gasteiger partial charge in [-0.05, 0) is 44.8 Å². The lowest BCUT2D eigenvalue weighted by Crippen LogP contribution is -2.40. The Balaban J connectivity index is 1.91. The van der Waals surface area contributed by atoms with Crippen molar-refractivity contribution in [3.05, 3.63) is 35.9 Å². The van der Waals surface area contributed by atoms with Crippen LogP contribution in [-0.4, -0.2) is 25.0 Å². The second-order valence-corrected chi connectivity index (χ2v) is 5.18. The quantitative estimate of drug-likeness (QED) is 0.852. The molecule has 0 spiro atoms. The predicted octanol–water partition coefficient (Wildman–Crippen LogP) is 1.90. The summed E-state index contributed by atoms with van der Waals surface area (Å²) in [6.07, 6.45) is 1.15. The smallest absolute Gasteiger partial charge is 0.227 e. The van der Waals surface area contributed by atoms with E-state index in [1.807, 2.05) is 37.3 Å². The average molecular weight is 246 g/mol. The lowest BCUT2D eigenvalue weighted by molar-refractivity contribution is -0.123. The summed E-state index contributed by atoms with van der Waals surface area (Å²) in [7, 11) is 0. The molecule has 1 aliphatic rings. The van der Waals surface area contributed by atoms with Gasteiger partial charge in [-0.2, -0.15) is 0 Å². The van der Waals surface area contributed by atoms with E-state index in [-0.39, 0.29) is 17.9 Å². The molecule has 1 aliphatic heterocycles. The Bertz CT molecular complexity index is 385. The van der Waals surface area contributed by atoms with Gasteiger partial charge in [-0.1, -0.05) is 30.3 Å². The van der Waals surface area contributed by atoms with Crippen molar-refractivity contribution in [2.24, 2.45) is 5.92 Å². The Kier molecular flexibility index (Phi) is 4.37. The standard InChI is InChI=1S/C15H22N2O/c1-11(13-6-4-3-5-7-13)15(18)17-12(2)14-8-9-16-10-14/h3-7,11-12,14,16H,8-10H2,1-2H3,(H,17,18). The Morgan fingerprint density at radius 1 is 1.33 bits per heavy atom. The minimum Gasteiger partial charge on any atom is -0.353 e. The molecule has 98 valence electrons. The topological polar surface area (TPSA) is 41.1 Å². The summed E-state index contributed by atoms with van der Waals surface area (Å²) in [4.78, 5) is 12.2. The number of hydrogen-bond acceptors (Lipinski definition) is 2. The number of hydrogen-bond donors (Lipinski definition) is 2. The molecular formula is C15H22N2O. The van der Waals surface area contributed by atoms with Crippen molar-refractivity contribution in [2.75, 3.05) is 13.1 Å². The van der Waals surface area contributed by atoms with Crippen LogP contribution in [0.4, 0.5) is 0 Å². The minimum atomic E-state index is -0.0805. The van der Waals surface area contributed by atoms with Crippen LogP contribution in [0.2, 0.25) is 0 Å². The fraction of sp³-hybridized carbons (Fsp3) is 0.533. The molecule has 1 fully saturated rings. The Hall–Kier alpha value is -1.35. The Labute approximate surface area is 109 Å². The average Bonchev–Trinajstić information content (AvgIpc) is 2.92. The highest BCUT2D eigenvalue weighted by Gasteiger charge is 2.24. The molecule has 3 unspecified atom stereocenters. The molecule has 3 heteroatoms. The van der Waals surface area contributed by atoms with Gasteiger partial charge in [0.1, 0.15) is 0 Å². The fourth-order valence-electron chi connectivity index (χ4n) is 2.46. The van der Waals surface area contributed by atoms with E-state index in [9.17, 15) is 4.79 Å². The molecule has 0 saturated carbocycles. The van der Waals surface area contributed by atoms with Crippen LogP contribution in [-0.2, 0) is 4.79 Å². The zero-order valence-corrected chi connectivity index (χ0v) is 11.1. The molecule has 2 N–H and O–H groups in total. The molecule has 1 amide bonds. The number of nitrogens with one attached hydrogen (secondary N) is 2. The van der Waals surface area contributed by atoms with Crippen molar-refractivity contribution in [1.82, 2.24) is 10.6 Å². The first-order valence-electron chi connectivity index (χ1n) is 6.74. The number of amides is 1. The zero-order valence-electron chi connectivity index (χ0n) is 11.1. The van der Waals surface area contributed by atoms with Crippen LogP contribution in [0.5, 0.6) is 0 Å². The largest absolute Gasteiger partial charge is 0.353 e. The van der Waals surface area contributed by atoms with Gasteiger partial charge < -0.3 is 10.6 Å². The highest BCUT2D eigenvalue weighted by Crippen LogP contribution is 2.17. The normalized spacial score (nSPS) is 22.4.